The van der Waals surface area contributed by atoms with E-state index in [9.17, 15) is 19.5 Å². The lowest BCUT2D eigenvalue weighted by Gasteiger charge is -2.37. The molecule has 26 heavy (non-hydrogen) atoms. The third-order valence-corrected chi connectivity index (χ3v) is 5.62. The van der Waals surface area contributed by atoms with Gasteiger partial charge in [0.1, 0.15) is 6.04 Å². The van der Waals surface area contributed by atoms with Gasteiger partial charge >= 0.3 is 5.97 Å². The van der Waals surface area contributed by atoms with Crippen molar-refractivity contribution in [1.29, 1.82) is 0 Å². The van der Waals surface area contributed by atoms with Crippen LogP contribution in [-0.4, -0.2) is 51.8 Å². The highest BCUT2D eigenvalue weighted by atomic mass is 16.4. The summed E-state index contributed by atoms with van der Waals surface area (Å²) in [6.07, 6.45) is 1.40. The van der Waals surface area contributed by atoms with Crippen LogP contribution >= 0.6 is 0 Å². The summed E-state index contributed by atoms with van der Waals surface area (Å²) in [6, 6.07) is 7.56. The van der Waals surface area contributed by atoms with Crippen LogP contribution in [0.2, 0.25) is 0 Å². The van der Waals surface area contributed by atoms with Crippen LogP contribution in [0.3, 0.4) is 0 Å². The predicted octanol–water partition coefficient (Wildman–Crippen LogP) is 2.06. The van der Waals surface area contributed by atoms with Crippen LogP contribution in [0.1, 0.15) is 37.3 Å². The smallest absolute Gasteiger partial charge is 0.306 e. The Morgan fingerprint density at radius 3 is 2.50 bits per heavy atom. The quantitative estimate of drug-likeness (QED) is 0.894. The summed E-state index contributed by atoms with van der Waals surface area (Å²) in [5.74, 6) is -1.29. The average Bonchev–Trinajstić information content (AvgIpc) is 2.96. The van der Waals surface area contributed by atoms with Crippen molar-refractivity contribution in [2.45, 2.75) is 45.7 Å². The number of carboxylic acids is 1. The van der Waals surface area contributed by atoms with Crippen molar-refractivity contribution in [2.24, 2.45) is 11.8 Å². The van der Waals surface area contributed by atoms with Crippen LogP contribution in [0.5, 0.6) is 0 Å². The number of carbonyl (C=O) groups excluding carboxylic acids is 2. The Morgan fingerprint density at radius 2 is 1.88 bits per heavy atom. The summed E-state index contributed by atoms with van der Waals surface area (Å²) in [6.45, 7) is 5.22. The highest BCUT2D eigenvalue weighted by molar-refractivity contribution is 5.91. The van der Waals surface area contributed by atoms with Gasteiger partial charge in [-0.15, -0.1) is 0 Å². The highest BCUT2D eigenvalue weighted by Crippen LogP contribution is 2.28. The van der Waals surface area contributed by atoms with Gasteiger partial charge in [-0.3, -0.25) is 14.4 Å². The number of hydrogen-bond donors (Lipinski definition) is 1. The molecule has 2 saturated heterocycles. The highest BCUT2D eigenvalue weighted by Gasteiger charge is 2.41. The first-order chi connectivity index (χ1) is 12.4. The van der Waals surface area contributed by atoms with Crippen molar-refractivity contribution in [2.75, 3.05) is 13.1 Å². The van der Waals surface area contributed by atoms with Crippen molar-refractivity contribution >= 4 is 17.8 Å². The number of nitrogens with zero attached hydrogens (tertiary/aromatic N) is 2. The first kappa shape index (κ1) is 18.4. The second kappa shape index (κ2) is 7.48. The topological polar surface area (TPSA) is 77.9 Å². The average molecular weight is 358 g/mol. The van der Waals surface area contributed by atoms with Crippen LogP contribution in [-0.2, 0) is 20.9 Å². The Balaban J connectivity index is 1.68. The van der Waals surface area contributed by atoms with Crippen molar-refractivity contribution < 1.29 is 19.5 Å². The van der Waals surface area contributed by atoms with Gasteiger partial charge in [-0.05, 0) is 31.2 Å². The Bertz CT molecular complexity index is 700. The van der Waals surface area contributed by atoms with Gasteiger partial charge in [0.05, 0.1) is 5.92 Å². The lowest BCUT2D eigenvalue weighted by Crippen LogP contribution is -2.51. The summed E-state index contributed by atoms with van der Waals surface area (Å²) in [4.78, 5) is 40.0. The van der Waals surface area contributed by atoms with Crippen LogP contribution in [0.4, 0.5) is 0 Å². The fourth-order valence-electron chi connectivity index (χ4n) is 4.00. The van der Waals surface area contributed by atoms with Crippen LogP contribution < -0.4 is 0 Å². The molecule has 6 heteroatoms. The van der Waals surface area contributed by atoms with Gasteiger partial charge in [-0.2, -0.15) is 0 Å². The minimum absolute atomic E-state index is 0.0115. The second-order valence-electron chi connectivity index (χ2n) is 7.56. The number of aliphatic carboxylic acids is 1. The van der Waals surface area contributed by atoms with Gasteiger partial charge in [-0.25, -0.2) is 0 Å². The van der Waals surface area contributed by atoms with Crippen molar-refractivity contribution in [3.05, 3.63) is 35.4 Å². The fraction of sp³-hybridized carbons (Fsp3) is 0.550. The first-order valence-corrected chi connectivity index (χ1v) is 9.23. The second-order valence-corrected chi connectivity index (χ2v) is 7.56. The third kappa shape index (κ3) is 3.74. The molecule has 6 nitrogen and oxygen atoms in total. The molecule has 0 bridgehead atoms. The van der Waals surface area contributed by atoms with Crippen LogP contribution in [0.25, 0.3) is 0 Å². The predicted molar refractivity (Wildman–Crippen MR) is 96.2 cm³/mol. The summed E-state index contributed by atoms with van der Waals surface area (Å²) in [5, 5.41) is 9.25. The monoisotopic (exact) mass is 358 g/mol. The molecule has 2 aliphatic heterocycles. The van der Waals surface area contributed by atoms with Gasteiger partial charge in [-0.1, -0.05) is 36.8 Å². The summed E-state index contributed by atoms with van der Waals surface area (Å²) in [5.41, 5.74) is 2.17. The molecule has 1 N–H and O–H groups in total. The maximum Gasteiger partial charge on any atom is 0.306 e. The molecule has 2 amide bonds. The molecule has 3 atom stereocenters. The molecule has 0 aromatic heterocycles. The van der Waals surface area contributed by atoms with Crippen molar-refractivity contribution in [1.82, 2.24) is 9.80 Å². The van der Waals surface area contributed by atoms with Gasteiger partial charge in [0.25, 0.3) is 0 Å². The zero-order valence-corrected chi connectivity index (χ0v) is 15.4. The van der Waals surface area contributed by atoms with Crippen molar-refractivity contribution in [3.8, 4) is 0 Å². The molecule has 1 aromatic rings. The molecule has 2 heterocycles. The molecule has 0 radical (unpaired) electrons. The Labute approximate surface area is 153 Å². The molecule has 1 aromatic carbocycles. The van der Waals surface area contributed by atoms with Gasteiger partial charge < -0.3 is 14.9 Å². The number of hydrogen-bond acceptors (Lipinski definition) is 3. The zero-order chi connectivity index (χ0) is 18.8. The van der Waals surface area contributed by atoms with E-state index in [1.165, 1.54) is 0 Å². The zero-order valence-electron chi connectivity index (χ0n) is 15.4. The molecule has 0 aliphatic carbocycles. The number of aryl methyl sites for hydroxylation is 1. The van der Waals surface area contributed by atoms with E-state index in [1.54, 1.807) is 9.80 Å². The van der Waals surface area contributed by atoms with Gasteiger partial charge in [0.15, 0.2) is 0 Å². The third-order valence-electron chi connectivity index (χ3n) is 5.62. The number of carboxylic acid groups (broad SMARTS) is 1. The molecular formula is C20H26N2O4. The van der Waals surface area contributed by atoms with E-state index in [2.05, 4.69) is 0 Å². The molecule has 0 spiro atoms. The maximum absolute atomic E-state index is 13.0. The normalized spacial score (nSPS) is 26.2. The molecule has 3 rings (SSSR count). The lowest BCUT2D eigenvalue weighted by molar-refractivity contribution is -0.150. The van der Waals surface area contributed by atoms with Gasteiger partial charge in [0.2, 0.25) is 11.8 Å². The molecular weight excluding hydrogens is 332 g/mol. The van der Waals surface area contributed by atoms with E-state index in [0.717, 1.165) is 11.1 Å². The molecule has 2 fully saturated rings. The minimum Gasteiger partial charge on any atom is -0.481 e. The number of benzene rings is 1. The van der Waals surface area contributed by atoms with Crippen LogP contribution in [0, 0.1) is 18.8 Å². The van der Waals surface area contributed by atoms with E-state index in [0.29, 0.717) is 38.9 Å². The van der Waals surface area contributed by atoms with E-state index in [4.69, 9.17) is 0 Å². The summed E-state index contributed by atoms with van der Waals surface area (Å²) in [7, 11) is 0. The molecule has 140 valence electrons. The SMILES string of the molecule is Cc1ccc(CN2C(=O)CCC2C(=O)N2CCC(C(=O)O)C(C)C2)cc1. The minimum atomic E-state index is -0.790. The Hall–Kier alpha value is -2.37. The Morgan fingerprint density at radius 1 is 1.19 bits per heavy atom. The first-order valence-electron chi connectivity index (χ1n) is 9.23. The van der Waals surface area contributed by atoms with Crippen molar-refractivity contribution in [3.63, 3.8) is 0 Å². The summed E-state index contributed by atoms with van der Waals surface area (Å²) < 4.78 is 0. The number of amides is 2. The number of carbonyl (C=O) groups is 3. The van der Waals surface area contributed by atoms with E-state index < -0.39 is 17.9 Å². The van der Waals surface area contributed by atoms with Crippen LogP contribution in [0.15, 0.2) is 24.3 Å². The standard InChI is InChI=1S/C20H26N2O4/c1-13-3-5-15(6-4-13)12-22-17(7-8-18(22)23)19(24)21-10-9-16(20(25)26)14(2)11-21/h3-6,14,16-17H,7-12H2,1-2H3,(H,25,26). The Kier molecular flexibility index (Phi) is 5.30. The number of rotatable bonds is 4. The molecule has 3 unspecified atom stereocenters. The van der Waals surface area contributed by atoms with E-state index >= 15 is 0 Å². The number of piperidine rings is 1. The molecule has 2 aliphatic rings. The van der Waals surface area contributed by atoms with Gasteiger partial charge in [0, 0.05) is 26.1 Å². The maximum atomic E-state index is 13.0. The van der Waals surface area contributed by atoms with E-state index in [-0.39, 0.29) is 17.7 Å². The number of likely N-dealkylation sites (tertiary alicyclic amines) is 2. The van der Waals surface area contributed by atoms with E-state index in [1.807, 2.05) is 38.1 Å². The lowest BCUT2D eigenvalue weighted by atomic mass is 9.86. The molecule has 0 saturated carbocycles. The largest absolute Gasteiger partial charge is 0.481 e. The fourth-order valence-corrected chi connectivity index (χ4v) is 4.00. The summed E-state index contributed by atoms with van der Waals surface area (Å²) >= 11 is 0.